The predicted octanol–water partition coefficient (Wildman–Crippen LogP) is -0.121. The molecule has 3 N–H and O–H groups in total. The first-order valence-corrected chi connectivity index (χ1v) is 4.76. The molecule has 14 heavy (non-hydrogen) atoms. The molecular formula is C7H8BrN5O. The minimum Gasteiger partial charge on any atom is -0.384 e. The Morgan fingerprint density at radius 2 is 2.36 bits per heavy atom. The maximum Gasteiger partial charge on any atom is 0.194 e. The molecule has 0 unspecified atom stereocenters. The van der Waals surface area contributed by atoms with E-state index in [2.05, 4.69) is 31.1 Å². The zero-order valence-electron chi connectivity index (χ0n) is 7.13. The molecule has 0 saturated heterocycles. The first-order valence-electron chi connectivity index (χ1n) is 3.97. The Labute approximate surface area is 87.9 Å². The summed E-state index contributed by atoms with van der Waals surface area (Å²) in [5.74, 6) is 0.422. The average molecular weight is 258 g/mol. The molecular weight excluding hydrogens is 250 g/mol. The summed E-state index contributed by atoms with van der Waals surface area (Å²) in [7, 11) is 0. The maximum atomic E-state index is 9.52. The molecule has 7 heteroatoms. The van der Waals surface area contributed by atoms with Crippen LogP contribution in [-0.2, 0) is 0 Å². The van der Waals surface area contributed by atoms with Crippen LogP contribution < -0.4 is 5.73 Å². The fourth-order valence-corrected chi connectivity index (χ4v) is 1.54. The minimum atomic E-state index is -0.806. The number of aliphatic hydroxyl groups excluding tert-OH is 1. The second-order valence-electron chi connectivity index (χ2n) is 2.72. The Morgan fingerprint density at radius 3 is 3.07 bits per heavy atom. The molecule has 0 saturated carbocycles. The van der Waals surface area contributed by atoms with Crippen LogP contribution in [-0.4, -0.2) is 31.2 Å². The molecule has 0 bridgehead atoms. The van der Waals surface area contributed by atoms with E-state index in [1.807, 2.05) is 0 Å². The van der Waals surface area contributed by atoms with Gasteiger partial charge >= 0.3 is 0 Å². The lowest BCUT2D eigenvalue weighted by atomic mass is 10.3. The molecule has 0 amide bonds. The van der Waals surface area contributed by atoms with Crippen molar-refractivity contribution in [3.63, 3.8) is 0 Å². The first kappa shape index (κ1) is 9.50. The van der Waals surface area contributed by atoms with E-state index in [9.17, 15) is 5.11 Å². The highest BCUT2D eigenvalue weighted by molar-refractivity contribution is 9.10. The Bertz CT molecular complexity index is 456. The number of aliphatic hydroxyl groups is 1. The van der Waals surface area contributed by atoms with Gasteiger partial charge in [0.15, 0.2) is 16.1 Å². The van der Waals surface area contributed by atoms with E-state index in [0.29, 0.717) is 16.1 Å². The van der Waals surface area contributed by atoms with Gasteiger partial charge in [0.2, 0.25) is 0 Å². The topological polar surface area (TPSA) is 89.3 Å². The largest absolute Gasteiger partial charge is 0.384 e. The van der Waals surface area contributed by atoms with Crippen molar-refractivity contribution in [2.45, 2.75) is 6.10 Å². The summed E-state index contributed by atoms with van der Waals surface area (Å²) in [5, 5.41) is 17.2. The lowest BCUT2D eigenvalue weighted by molar-refractivity contribution is 0.175. The van der Waals surface area contributed by atoms with Gasteiger partial charge in [-0.15, -0.1) is 10.2 Å². The average Bonchev–Trinajstić information content (AvgIpc) is 2.62. The summed E-state index contributed by atoms with van der Waals surface area (Å²) in [6.07, 6.45) is 2.46. The number of aromatic nitrogens is 4. The van der Waals surface area contributed by atoms with Crippen LogP contribution in [0, 0.1) is 0 Å². The Morgan fingerprint density at radius 1 is 1.57 bits per heavy atom. The molecule has 2 rings (SSSR count). The summed E-state index contributed by atoms with van der Waals surface area (Å²) in [6, 6.07) is 0. The third-order valence-electron chi connectivity index (χ3n) is 1.83. The molecule has 0 aliphatic carbocycles. The highest BCUT2D eigenvalue weighted by Gasteiger charge is 2.14. The van der Waals surface area contributed by atoms with Crippen molar-refractivity contribution in [2.24, 2.45) is 5.73 Å². The van der Waals surface area contributed by atoms with Gasteiger partial charge in [-0.05, 0) is 15.9 Å². The molecule has 0 aliphatic heterocycles. The smallest absolute Gasteiger partial charge is 0.194 e. The summed E-state index contributed by atoms with van der Waals surface area (Å²) >= 11 is 3.23. The standard InChI is InChI=1S/C7H8BrN5O/c8-5-7-12-11-6(4(14)3-9)13(7)2-1-10-5/h1-2,4,14H,3,9H2/t4-/m0/s1. The van der Waals surface area contributed by atoms with Crippen LogP contribution in [0.3, 0.4) is 0 Å². The van der Waals surface area contributed by atoms with Gasteiger partial charge in [0.05, 0.1) is 0 Å². The minimum absolute atomic E-state index is 0.112. The number of hydrogen-bond acceptors (Lipinski definition) is 5. The fraction of sp³-hybridized carbons (Fsp3) is 0.286. The summed E-state index contributed by atoms with van der Waals surface area (Å²) in [6.45, 7) is 0.112. The summed E-state index contributed by atoms with van der Waals surface area (Å²) < 4.78 is 2.23. The van der Waals surface area contributed by atoms with E-state index < -0.39 is 6.10 Å². The zero-order valence-corrected chi connectivity index (χ0v) is 8.72. The van der Waals surface area contributed by atoms with Crippen molar-refractivity contribution in [3.8, 4) is 0 Å². The summed E-state index contributed by atoms with van der Waals surface area (Å²) in [5.41, 5.74) is 5.90. The van der Waals surface area contributed by atoms with Crippen molar-refractivity contribution in [3.05, 3.63) is 22.8 Å². The lowest BCUT2D eigenvalue weighted by Crippen LogP contribution is -2.14. The third kappa shape index (κ3) is 1.39. The molecule has 74 valence electrons. The van der Waals surface area contributed by atoms with Crippen LogP contribution in [0.25, 0.3) is 5.65 Å². The molecule has 6 nitrogen and oxygen atoms in total. The second kappa shape index (κ2) is 3.60. The molecule has 1 atom stereocenters. The number of rotatable bonds is 2. The van der Waals surface area contributed by atoms with Crippen LogP contribution in [0.4, 0.5) is 0 Å². The second-order valence-corrected chi connectivity index (χ2v) is 3.47. The van der Waals surface area contributed by atoms with Crippen molar-refractivity contribution < 1.29 is 5.11 Å². The van der Waals surface area contributed by atoms with Crippen LogP contribution >= 0.6 is 15.9 Å². The van der Waals surface area contributed by atoms with Crippen LogP contribution in [0.2, 0.25) is 0 Å². The molecule has 2 heterocycles. The van der Waals surface area contributed by atoms with E-state index in [4.69, 9.17) is 5.73 Å². The summed E-state index contributed by atoms with van der Waals surface area (Å²) in [4.78, 5) is 3.99. The van der Waals surface area contributed by atoms with Crippen molar-refractivity contribution >= 4 is 21.6 Å². The molecule has 0 radical (unpaired) electrons. The van der Waals surface area contributed by atoms with Crippen LogP contribution in [0.5, 0.6) is 0 Å². The number of hydrogen-bond donors (Lipinski definition) is 2. The Hall–Kier alpha value is -1.05. The molecule has 2 aromatic rings. The molecule has 0 aromatic carbocycles. The SMILES string of the molecule is NC[C@H](O)c1nnc2c(Br)nccn12. The molecule has 0 fully saturated rings. The van der Waals surface area contributed by atoms with Gasteiger partial charge in [-0.3, -0.25) is 4.40 Å². The van der Waals surface area contributed by atoms with Crippen molar-refractivity contribution in [1.29, 1.82) is 0 Å². The number of fused-ring (bicyclic) bond motifs is 1. The lowest BCUT2D eigenvalue weighted by Gasteiger charge is -2.04. The number of halogens is 1. The number of nitrogens with zero attached hydrogens (tertiary/aromatic N) is 4. The van der Waals surface area contributed by atoms with Gasteiger partial charge in [-0.2, -0.15) is 0 Å². The monoisotopic (exact) mass is 257 g/mol. The first-order chi connectivity index (χ1) is 6.74. The van der Waals surface area contributed by atoms with E-state index >= 15 is 0 Å². The van der Waals surface area contributed by atoms with E-state index in [1.54, 1.807) is 16.8 Å². The van der Waals surface area contributed by atoms with Gasteiger partial charge in [0.1, 0.15) is 6.10 Å². The van der Waals surface area contributed by atoms with Gasteiger partial charge in [-0.25, -0.2) is 4.98 Å². The Kier molecular flexibility index (Phi) is 2.44. The number of nitrogens with two attached hydrogens (primary N) is 1. The molecule has 2 aromatic heterocycles. The van der Waals surface area contributed by atoms with E-state index in [1.165, 1.54) is 0 Å². The van der Waals surface area contributed by atoms with Crippen LogP contribution in [0.15, 0.2) is 17.0 Å². The highest BCUT2D eigenvalue weighted by atomic mass is 79.9. The third-order valence-corrected chi connectivity index (χ3v) is 2.39. The highest BCUT2D eigenvalue weighted by Crippen LogP contribution is 2.16. The van der Waals surface area contributed by atoms with Crippen molar-refractivity contribution in [2.75, 3.05) is 6.54 Å². The van der Waals surface area contributed by atoms with Gasteiger partial charge in [0, 0.05) is 18.9 Å². The molecule has 0 aliphatic rings. The zero-order chi connectivity index (χ0) is 10.1. The van der Waals surface area contributed by atoms with Gasteiger partial charge < -0.3 is 10.8 Å². The quantitative estimate of drug-likeness (QED) is 0.783. The van der Waals surface area contributed by atoms with Crippen molar-refractivity contribution in [1.82, 2.24) is 19.6 Å². The molecule has 0 spiro atoms. The Balaban J connectivity index is 2.63. The van der Waals surface area contributed by atoms with E-state index in [0.717, 1.165) is 0 Å². The fourth-order valence-electron chi connectivity index (χ4n) is 1.15. The van der Waals surface area contributed by atoms with Crippen LogP contribution in [0.1, 0.15) is 11.9 Å². The normalized spacial score (nSPS) is 13.4. The predicted molar refractivity (Wildman–Crippen MR) is 52.5 cm³/mol. The van der Waals surface area contributed by atoms with Gasteiger partial charge in [0.25, 0.3) is 0 Å². The maximum absolute atomic E-state index is 9.52. The van der Waals surface area contributed by atoms with Gasteiger partial charge in [-0.1, -0.05) is 0 Å². The van der Waals surface area contributed by atoms with E-state index in [-0.39, 0.29) is 6.54 Å².